The zero-order valence-electron chi connectivity index (χ0n) is 10.5. The highest BCUT2D eigenvalue weighted by molar-refractivity contribution is 5.16. The van der Waals surface area contributed by atoms with Crippen LogP contribution in [0.5, 0.6) is 0 Å². The van der Waals surface area contributed by atoms with Crippen LogP contribution in [0, 0.1) is 11.3 Å². The predicted octanol–water partition coefficient (Wildman–Crippen LogP) is 1.71. The van der Waals surface area contributed by atoms with Gasteiger partial charge < -0.3 is 5.73 Å². The van der Waals surface area contributed by atoms with Gasteiger partial charge in [-0.05, 0) is 25.1 Å². The molecule has 0 saturated heterocycles. The summed E-state index contributed by atoms with van der Waals surface area (Å²) in [6.45, 7) is 2.80. The average molecular weight is 232 g/mol. The summed E-state index contributed by atoms with van der Waals surface area (Å²) in [6, 6.07) is 6.31. The van der Waals surface area contributed by atoms with Gasteiger partial charge in [-0.1, -0.05) is 13.0 Å². The number of hydrogen-bond acceptors (Lipinski definition) is 4. The van der Waals surface area contributed by atoms with Gasteiger partial charge in [0.2, 0.25) is 0 Å². The molecule has 0 amide bonds. The Balaban J connectivity index is 2.85. The Bertz CT molecular complexity index is 357. The van der Waals surface area contributed by atoms with E-state index in [4.69, 9.17) is 11.0 Å². The number of nitriles is 1. The van der Waals surface area contributed by atoms with Crippen molar-refractivity contribution in [3.8, 4) is 6.07 Å². The molecular formula is C13H20N4. The summed E-state index contributed by atoms with van der Waals surface area (Å²) in [5.41, 5.74) is 7.28. The van der Waals surface area contributed by atoms with Crippen molar-refractivity contribution in [1.29, 1.82) is 5.26 Å². The van der Waals surface area contributed by atoms with Crippen LogP contribution < -0.4 is 5.73 Å². The fourth-order valence-corrected chi connectivity index (χ4v) is 1.97. The quantitative estimate of drug-likeness (QED) is 0.810. The van der Waals surface area contributed by atoms with Gasteiger partial charge >= 0.3 is 0 Å². The van der Waals surface area contributed by atoms with Crippen LogP contribution in [0.1, 0.15) is 31.4 Å². The van der Waals surface area contributed by atoms with E-state index in [0.29, 0.717) is 6.42 Å². The van der Waals surface area contributed by atoms with Gasteiger partial charge in [-0.3, -0.25) is 9.88 Å². The maximum Gasteiger partial charge on any atom is 0.0635 e. The number of pyridine rings is 1. The van der Waals surface area contributed by atoms with Crippen molar-refractivity contribution in [2.24, 2.45) is 5.73 Å². The zero-order chi connectivity index (χ0) is 12.7. The van der Waals surface area contributed by atoms with Gasteiger partial charge in [0.1, 0.15) is 0 Å². The van der Waals surface area contributed by atoms with Gasteiger partial charge in [0.15, 0.2) is 0 Å². The number of rotatable bonds is 6. The average Bonchev–Trinajstić information content (AvgIpc) is 2.37. The molecule has 1 rings (SSSR count). The van der Waals surface area contributed by atoms with E-state index in [-0.39, 0.29) is 12.1 Å². The summed E-state index contributed by atoms with van der Waals surface area (Å²) in [5.74, 6) is 0. The first-order chi connectivity index (χ1) is 8.20. The monoisotopic (exact) mass is 232 g/mol. The lowest BCUT2D eigenvalue weighted by Crippen LogP contribution is -2.39. The van der Waals surface area contributed by atoms with Crippen LogP contribution in [-0.2, 0) is 0 Å². The summed E-state index contributed by atoms with van der Waals surface area (Å²) in [5, 5.41) is 8.64. The summed E-state index contributed by atoms with van der Waals surface area (Å²) in [6.07, 6.45) is 5.02. The molecule has 17 heavy (non-hydrogen) atoms. The Hall–Kier alpha value is -1.44. The number of aromatic nitrogens is 1. The first-order valence-corrected chi connectivity index (χ1v) is 5.93. The molecule has 0 spiro atoms. The molecule has 2 N–H and O–H groups in total. The molecule has 0 aliphatic rings. The van der Waals surface area contributed by atoms with Crippen molar-refractivity contribution in [1.82, 2.24) is 9.88 Å². The molecule has 0 aliphatic carbocycles. The SMILES string of the molecule is CCC(N)C(c1cccnc1)N(C)CCC#N. The lowest BCUT2D eigenvalue weighted by atomic mass is 9.98. The summed E-state index contributed by atoms with van der Waals surface area (Å²) >= 11 is 0. The van der Waals surface area contributed by atoms with E-state index in [2.05, 4.69) is 22.9 Å². The minimum Gasteiger partial charge on any atom is -0.326 e. The molecule has 1 heterocycles. The molecular weight excluding hydrogens is 212 g/mol. The highest BCUT2D eigenvalue weighted by atomic mass is 15.1. The molecule has 4 nitrogen and oxygen atoms in total. The highest BCUT2D eigenvalue weighted by Gasteiger charge is 2.22. The van der Waals surface area contributed by atoms with Crippen molar-refractivity contribution < 1.29 is 0 Å². The van der Waals surface area contributed by atoms with Crippen LogP contribution >= 0.6 is 0 Å². The van der Waals surface area contributed by atoms with Crippen LogP contribution in [0.2, 0.25) is 0 Å². The van der Waals surface area contributed by atoms with Gasteiger partial charge in [0, 0.05) is 31.4 Å². The standard InChI is InChI=1S/C13H20N4/c1-3-12(15)13(17(2)9-5-7-14)11-6-4-8-16-10-11/h4,6,8,10,12-13H,3,5,9,15H2,1-2H3. The van der Waals surface area contributed by atoms with Crippen LogP contribution in [0.4, 0.5) is 0 Å². The van der Waals surface area contributed by atoms with E-state index in [1.807, 2.05) is 25.4 Å². The fraction of sp³-hybridized carbons (Fsp3) is 0.538. The Labute approximate surface area is 103 Å². The molecule has 1 aromatic heterocycles. The van der Waals surface area contributed by atoms with Crippen molar-refractivity contribution in [3.05, 3.63) is 30.1 Å². The van der Waals surface area contributed by atoms with E-state index in [9.17, 15) is 0 Å². The van der Waals surface area contributed by atoms with Crippen molar-refractivity contribution in [2.45, 2.75) is 31.8 Å². The maximum atomic E-state index is 8.64. The molecule has 92 valence electrons. The molecule has 0 aromatic carbocycles. The second-order valence-corrected chi connectivity index (χ2v) is 4.19. The zero-order valence-corrected chi connectivity index (χ0v) is 10.5. The summed E-state index contributed by atoms with van der Waals surface area (Å²) in [7, 11) is 2.00. The predicted molar refractivity (Wildman–Crippen MR) is 68.1 cm³/mol. The molecule has 0 aliphatic heterocycles. The van der Waals surface area contributed by atoms with Crippen molar-refractivity contribution in [2.75, 3.05) is 13.6 Å². The maximum absolute atomic E-state index is 8.64. The molecule has 0 saturated carbocycles. The fourth-order valence-electron chi connectivity index (χ4n) is 1.97. The molecule has 4 heteroatoms. The van der Waals surface area contributed by atoms with Crippen molar-refractivity contribution in [3.63, 3.8) is 0 Å². The van der Waals surface area contributed by atoms with Crippen LogP contribution in [0.25, 0.3) is 0 Å². The minimum absolute atomic E-state index is 0.0582. The highest BCUT2D eigenvalue weighted by Crippen LogP contribution is 2.23. The van der Waals surface area contributed by atoms with Crippen LogP contribution in [0.3, 0.4) is 0 Å². The van der Waals surface area contributed by atoms with Crippen LogP contribution in [0.15, 0.2) is 24.5 Å². The minimum atomic E-state index is 0.0582. The van der Waals surface area contributed by atoms with E-state index < -0.39 is 0 Å². The Morgan fingerprint density at radius 2 is 2.35 bits per heavy atom. The van der Waals surface area contributed by atoms with Gasteiger partial charge in [0.05, 0.1) is 12.1 Å². The molecule has 2 unspecified atom stereocenters. The lowest BCUT2D eigenvalue weighted by molar-refractivity contribution is 0.213. The van der Waals surface area contributed by atoms with E-state index in [0.717, 1.165) is 18.5 Å². The molecule has 0 bridgehead atoms. The Morgan fingerprint density at radius 1 is 1.59 bits per heavy atom. The van der Waals surface area contributed by atoms with Gasteiger partial charge in [-0.15, -0.1) is 0 Å². The number of hydrogen-bond donors (Lipinski definition) is 1. The number of nitrogens with two attached hydrogens (primary N) is 1. The molecule has 1 aromatic rings. The molecule has 0 radical (unpaired) electrons. The van der Waals surface area contributed by atoms with Crippen LogP contribution in [-0.4, -0.2) is 29.5 Å². The summed E-state index contributed by atoms with van der Waals surface area (Å²) in [4.78, 5) is 6.27. The van der Waals surface area contributed by atoms with Gasteiger partial charge in [0.25, 0.3) is 0 Å². The lowest BCUT2D eigenvalue weighted by Gasteiger charge is -2.32. The Kier molecular flexibility index (Phi) is 5.61. The second kappa shape index (κ2) is 7.00. The Morgan fingerprint density at radius 3 is 2.88 bits per heavy atom. The molecule has 2 atom stereocenters. The first-order valence-electron chi connectivity index (χ1n) is 5.93. The third-order valence-electron chi connectivity index (χ3n) is 2.95. The third kappa shape index (κ3) is 3.81. The smallest absolute Gasteiger partial charge is 0.0635 e. The third-order valence-corrected chi connectivity index (χ3v) is 2.95. The van der Waals surface area contributed by atoms with E-state index >= 15 is 0 Å². The van der Waals surface area contributed by atoms with Gasteiger partial charge in [-0.25, -0.2) is 0 Å². The molecule has 0 fully saturated rings. The van der Waals surface area contributed by atoms with Gasteiger partial charge in [-0.2, -0.15) is 5.26 Å². The second-order valence-electron chi connectivity index (χ2n) is 4.19. The normalized spacial score (nSPS) is 14.3. The number of nitrogens with zero attached hydrogens (tertiary/aromatic N) is 3. The first kappa shape index (κ1) is 13.6. The number of likely N-dealkylation sites (N-methyl/N-ethyl adjacent to an activating group) is 1. The largest absolute Gasteiger partial charge is 0.326 e. The summed E-state index contributed by atoms with van der Waals surface area (Å²) < 4.78 is 0. The van der Waals surface area contributed by atoms with E-state index in [1.54, 1.807) is 6.20 Å². The van der Waals surface area contributed by atoms with E-state index in [1.165, 1.54) is 0 Å². The van der Waals surface area contributed by atoms with Crippen molar-refractivity contribution >= 4 is 0 Å². The topological polar surface area (TPSA) is 65.9 Å².